The molecule has 0 spiro atoms. The van der Waals surface area contributed by atoms with E-state index in [9.17, 15) is 18.0 Å². The summed E-state index contributed by atoms with van der Waals surface area (Å²) >= 11 is 0. The van der Waals surface area contributed by atoms with Gasteiger partial charge in [0, 0.05) is 18.3 Å². The molecule has 0 saturated heterocycles. The maximum absolute atomic E-state index is 12.6. The van der Waals surface area contributed by atoms with Crippen molar-refractivity contribution in [1.29, 1.82) is 0 Å². The average molecular weight is 406 g/mol. The highest BCUT2D eigenvalue weighted by Crippen LogP contribution is 2.23. The van der Waals surface area contributed by atoms with Gasteiger partial charge < -0.3 is 10.1 Å². The average Bonchev–Trinajstić information content (AvgIpc) is 3.01. The van der Waals surface area contributed by atoms with Gasteiger partial charge in [-0.2, -0.15) is 13.2 Å². The molecule has 3 aromatic rings. The molecule has 1 amide bonds. The molecule has 154 valence electrons. The number of nitrogens with one attached hydrogen (secondary N) is 1. The van der Waals surface area contributed by atoms with Crippen molar-refractivity contribution in [2.75, 3.05) is 0 Å². The lowest BCUT2D eigenvalue weighted by Crippen LogP contribution is -2.32. The zero-order valence-electron chi connectivity index (χ0n) is 16.2. The van der Waals surface area contributed by atoms with Gasteiger partial charge in [-0.05, 0) is 44.0 Å². The predicted octanol–water partition coefficient (Wildman–Crippen LogP) is 4.53. The van der Waals surface area contributed by atoms with Gasteiger partial charge in [-0.1, -0.05) is 24.3 Å². The summed E-state index contributed by atoms with van der Waals surface area (Å²) < 4.78 is 44.3. The van der Waals surface area contributed by atoms with Crippen LogP contribution in [0.1, 0.15) is 31.9 Å². The van der Waals surface area contributed by atoms with Gasteiger partial charge in [-0.25, -0.2) is 14.3 Å². The third kappa shape index (κ3) is 5.94. The Bertz CT molecular complexity index is 1010. The van der Waals surface area contributed by atoms with E-state index in [-0.39, 0.29) is 5.56 Å². The molecule has 3 rings (SSSR count). The Hall–Kier alpha value is -3.10. The highest BCUT2D eigenvalue weighted by Gasteiger charge is 2.27. The number of hydrogen-bond acceptors (Lipinski definition) is 4. The van der Waals surface area contributed by atoms with Gasteiger partial charge in [0.15, 0.2) is 11.5 Å². The van der Waals surface area contributed by atoms with E-state index in [1.165, 1.54) is 22.8 Å². The van der Waals surface area contributed by atoms with Gasteiger partial charge in [0.25, 0.3) is 0 Å². The Labute approximate surface area is 165 Å². The van der Waals surface area contributed by atoms with Crippen LogP contribution in [0.4, 0.5) is 18.0 Å². The molecular formula is C20H21F3N4O2. The summed E-state index contributed by atoms with van der Waals surface area (Å²) in [5.41, 5.74) is 1.48. The lowest BCUT2D eigenvalue weighted by atomic mass is 10.1. The molecule has 9 heteroatoms. The van der Waals surface area contributed by atoms with Crippen molar-refractivity contribution in [3.05, 3.63) is 53.7 Å². The number of rotatable bonds is 4. The second-order valence-corrected chi connectivity index (χ2v) is 7.62. The molecule has 0 fully saturated rings. The van der Waals surface area contributed by atoms with Crippen molar-refractivity contribution in [3.63, 3.8) is 0 Å². The molecule has 0 unspecified atom stereocenters. The van der Waals surface area contributed by atoms with Crippen LogP contribution >= 0.6 is 0 Å². The van der Waals surface area contributed by atoms with Gasteiger partial charge in [-0.15, -0.1) is 5.10 Å². The second kappa shape index (κ2) is 7.73. The molecule has 0 aliphatic heterocycles. The number of nitrogens with zero attached hydrogens (tertiary/aromatic N) is 3. The summed E-state index contributed by atoms with van der Waals surface area (Å²) in [6.45, 7) is 5.66. The third-order valence-corrected chi connectivity index (χ3v) is 3.85. The first-order chi connectivity index (χ1) is 13.5. The number of fused-ring (bicyclic) bond motifs is 1. The Morgan fingerprint density at radius 2 is 1.79 bits per heavy atom. The number of alkyl carbamates (subject to hydrolysis) is 1. The molecule has 29 heavy (non-hydrogen) atoms. The van der Waals surface area contributed by atoms with E-state index in [2.05, 4.69) is 15.4 Å². The molecular weight excluding hydrogens is 385 g/mol. The molecule has 0 bridgehead atoms. The number of pyridine rings is 1. The maximum atomic E-state index is 12.6. The van der Waals surface area contributed by atoms with Gasteiger partial charge >= 0.3 is 12.3 Å². The first kappa shape index (κ1) is 20.6. The van der Waals surface area contributed by atoms with Gasteiger partial charge in [0.2, 0.25) is 0 Å². The normalized spacial score (nSPS) is 12.2. The highest BCUT2D eigenvalue weighted by atomic mass is 19.4. The fraction of sp³-hybridized carbons (Fsp3) is 0.350. The fourth-order valence-corrected chi connectivity index (χ4v) is 2.65. The number of amides is 1. The number of ether oxygens (including phenoxy) is 1. The molecule has 0 saturated carbocycles. The Morgan fingerprint density at radius 1 is 1.10 bits per heavy atom. The minimum Gasteiger partial charge on any atom is -0.444 e. The number of aromatic nitrogens is 3. The van der Waals surface area contributed by atoms with Crippen LogP contribution in [0.15, 0.2) is 42.6 Å². The molecule has 2 aromatic heterocycles. The van der Waals surface area contributed by atoms with Crippen LogP contribution in [-0.4, -0.2) is 32.5 Å². The minimum atomic E-state index is -4.27. The van der Waals surface area contributed by atoms with Crippen molar-refractivity contribution in [2.24, 2.45) is 0 Å². The second-order valence-electron chi connectivity index (χ2n) is 7.62. The molecule has 0 radical (unpaired) electrons. The fourth-order valence-electron chi connectivity index (χ4n) is 2.65. The number of carbonyl (C=O) groups is 1. The number of alkyl halides is 3. The van der Waals surface area contributed by atoms with Crippen molar-refractivity contribution in [2.45, 2.75) is 45.5 Å². The van der Waals surface area contributed by atoms with E-state index in [1.54, 1.807) is 32.9 Å². The largest absolute Gasteiger partial charge is 0.444 e. The SMILES string of the molecule is CC(C)(C)OC(=O)NCc1ccc(-c2nc3cc(CC(F)(F)F)ccn3n2)cc1. The predicted molar refractivity (Wildman–Crippen MR) is 101 cm³/mol. The van der Waals surface area contributed by atoms with Crippen LogP contribution in [-0.2, 0) is 17.7 Å². The smallest absolute Gasteiger partial charge is 0.407 e. The number of halogens is 3. The van der Waals surface area contributed by atoms with E-state index in [4.69, 9.17) is 4.74 Å². The summed E-state index contributed by atoms with van der Waals surface area (Å²) in [6.07, 6.45) is -4.32. The van der Waals surface area contributed by atoms with Crippen LogP contribution in [0, 0.1) is 0 Å². The summed E-state index contributed by atoms with van der Waals surface area (Å²) in [6, 6.07) is 9.96. The monoisotopic (exact) mass is 406 g/mol. The van der Waals surface area contributed by atoms with Crippen molar-refractivity contribution >= 4 is 11.7 Å². The van der Waals surface area contributed by atoms with Crippen LogP contribution < -0.4 is 5.32 Å². The number of hydrogen-bond donors (Lipinski definition) is 1. The Kier molecular flexibility index (Phi) is 5.50. The molecule has 1 N–H and O–H groups in total. The van der Waals surface area contributed by atoms with Gasteiger partial charge in [0.1, 0.15) is 5.60 Å². The molecule has 0 aliphatic rings. The molecule has 0 atom stereocenters. The zero-order valence-corrected chi connectivity index (χ0v) is 16.2. The maximum Gasteiger partial charge on any atom is 0.407 e. The van der Waals surface area contributed by atoms with E-state index in [1.807, 2.05) is 12.1 Å². The topological polar surface area (TPSA) is 68.5 Å². The van der Waals surface area contributed by atoms with Crippen molar-refractivity contribution in [1.82, 2.24) is 19.9 Å². The first-order valence-corrected chi connectivity index (χ1v) is 8.97. The molecule has 2 heterocycles. The van der Waals surface area contributed by atoms with Crippen LogP contribution in [0.2, 0.25) is 0 Å². The Morgan fingerprint density at radius 3 is 2.41 bits per heavy atom. The third-order valence-electron chi connectivity index (χ3n) is 3.85. The molecule has 1 aromatic carbocycles. The minimum absolute atomic E-state index is 0.132. The number of benzene rings is 1. The van der Waals surface area contributed by atoms with Crippen molar-refractivity contribution < 1.29 is 22.7 Å². The first-order valence-electron chi connectivity index (χ1n) is 8.97. The lowest BCUT2D eigenvalue weighted by molar-refractivity contribution is -0.127. The van der Waals surface area contributed by atoms with Crippen LogP contribution in [0.5, 0.6) is 0 Å². The van der Waals surface area contributed by atoms with E-state index >= 15 is 0 Å². The van der Waals surface area contributed by atoms with E-state index in [0.29, 0.717) is 23.6 Å². The summed E-state index contributed by atoms with van der Waals surface area (Å²) in [7, 11) is 0. The van der Waals surface area contributed by atoms with Gasteiger partial charge in [0.05, 0.1) is 6.42 Å². The Balaban J connectivity index is 1.69. The lowest BCUT2D eigenvalue weighted by Gasteiger charge is -2.19. The van der Waals surface area contributed by atoms with Crippen LogP contribution in [0.25, 0.3) is 17.0 Å². The van der Waals surface area contributed by atoms with E-state index < -0.39 is 24.3 Å². The quantitative estimate of drug-likeness (QED) is 0.691. The van der Waals surface area contributed by atoms with Gasteiger partial charge in [-0.3, -0.25) is 0 Å². The zero-order chi connectivity index (χ0) is 21.2. The number of carbonyl (C=O) groups excluding carboxylic acids is 1. The van der Waals surface area contributed by atoms with E-state index in [0.717, 1.165) is 5.56 Å². The molecule has 6 nitrogen and oxygen atoms in total. The van der Waals surface area contributed by atoms with Crippen molar-refractivity contribution in [3.8, 4) is 11.4 Å². The highest BCUT2D eigenvalue weighted by molar-refractivity contribution is 5.67. The summed E-state index contributed by atoms with van der Waals surface area (Å²) in [5, 5.41) is 6.97. The standard InChI is InChI=1S/C20H21F3N4O2/c1-19(2,3)29-18(28)24-12-13-4-6-15(7-5-13)17-25-16-10-14(11-20(21,22)23)8-9-27(16)26-17/h4-10H,11-12H2,1-3H3,(H,24,28). The summed E-state index contributed by atoms with van der Waals surface area (Å²) in [4.78, 5) is 16.0. The molecule has 0 aliphatic carbocycles. The summed E-state index contributed by atoms with van der Waals surface area (Å²) in [5.74, 6) is 0.404. The van der Waals surface area contributed by atoms with Crippen LogP contribution in [0.3, 0.4) is 0 Å².